The molecule has 0 radical (unpaired) electrons. The first kappa shape index (κ1) is 54.8. The van der Waals surface area contributed by atoms with Crippen LogP contribution in [0.4, 0.5) is 10.1 Å². The van der Waals surface area contributed by atoms with Gasteiger partial charge < -0.3 is 29.2 Å². The van der Waals surface area contributed by atoms with Crippen LogP contribution in [0.25, 0.3) is 33.3 Å². The monoisotopic (exact) mass is 1110 g/mol. The highest BCUT2D eigenvalue weighted by Crippen LogP contribution is 2.47. The van der Waals surface area contributed by atoms with Gasteiger partial charge in [-0.3, -0.25) is 44.3 Å². The fourth-order valence-corrected chi connectivity index (χ4v) is 15.3. The normalized spacial score (nSPS) is 28.4. The number of amides is 3. The second kappa shape index (κ2) is 21.9. The first-order valence-corrected chi connectivity index (χ1v) is 31.0. The van der Waals surface area contributed by atoms with Gasteiger partial charge in [0.15, 0.2) is 0 Å². The third-order valence-corrected chi connectivity index (χ3v) is 20.2. The van der Waals surface area contributed by atoms with Gasteiger partial charge in [-0.2, -0.15) is 0 Å². The van der Waals surface area contributed by atoms with E-state index in [0.717, 1.165) is 135 Å². The summed E-state index contributed by atoms with van der Waals surface area (Å²) in [6.07, 6.45) is 14.1. The van der Waals surface area contributed by atoms with E-state index in [1.165, 1.54) is 36.8 Å². The highest BCUT2D eigenvalue weighted by Gasteiger charge is 2.55. The molecular weight excluding hydrogens is 1020 g/mol. The maximum Gasteiger partial charge on any atom is 0.324 e. The van der Waals surface area contributed by atoms with Crippen LogP contribution in [-0.2, 0) is 48.0 Å². The number of carbonyl (C=O) groups excluding carboxylic acids is 4. The van der Waals surface area contributed by atoms with Crippen molar-refractivity contribution in [2.45, 2.75) is 166 Å². The van der Waals surface area contributed by atoms with Crippen LogP contribution in [0.15, 0.2) is 48.7 Å². The lowest BCUT2D eigenvalue weighted by atomic mass is 9.84. The summed E-state index contributed by atoms with van der Waals surface area (Å²) in [6.45, 7) is 16.4. The number of hydrogen-bond acceptors (Lipinski definition) is 12. The molecule has 3 N–H and O–H groups in total. The number of cyclic esters (lactones) is 1. The standard InChI is InChI=1S/C64H85FN10O6/c1-6-74-53-18-15-43-32-48(53)50(58(74)49-33-47(35-66-54(49)39(2)80-5)71-26-24-70(25-27-71)46-16-17-46)34-63(3,4)38-81-62(79)51-12-9-21-75(69-51)60(77)52(30-40-28-44(43)31-45(65)29-40)67-59(76)57(42-10-7-8-11-42)72-22-19-64(36-72)20-23-73(37-64)61(78)56-55(68-56)41-13-14-41/h15,18,28-29,31-33,35,39,41-42,46,51-52,55-57,68-69H,6-14,16-17,19-27,30,34,36-38H2,1-5H3,(H,67,76)/t39-,51-,52-,55?,56+,57?,64-/m0/s1. The molecule has 16 nitrogen and oxygen atoms in total. The van der Waals surface area contributed by atoms with Crippen LogP contribution < -0.4 is 21.0 Å². The molecule has 6 bridgehead atoms. The molecule has 81 heavy (non-hydrogen) atoms. The number of anilines is 1. The van der Waals surface area contributed by atoms with Crippen LogP contribution in [0.1, 0.15) is 128 Å². The van der Waals surface area contributed by atoms with Gasteiger partial charge in [0.2, 0.25) is 11.8 Å². The first-order chi connectivity index (χ1) is 39.1. The van der Waals surface area contributed by atoms with Gasteiger partial charge in [0, 0.05) is 112 Å². The van der Waals surface area contributed by atoms with Crippen molar-refractivity contribution in [2.24, 2.45) is 22.7 Å². The number of benzene rings is 2. The van der Waals surface area contributed by atoms with Gasteiger partial charge in [0.25, 0.3) is 5.91 Å². The highest BCUT2D eigenvalue weighted by molar-refractivity contribution is 5.96. The lowest BCUT2D eigenvalue weighted by molar-refractivity contribution is -0.155. The summed E-state index contributed by atoms with van der Waals surface area (Å²) in [6, 6.07) is 12.4. The smallest absolute Gasteiger partial charge is 0.324 e. The van der Waals surface area contributed by atoms with Crippen LogP contribution in [0, 0.1) is 28.5 Å². The Hall–Kier alpha value is -5.46. The molecule has 17 heteroatoms. The zero-order chi connectivity index (χ0) is 55.9. The molecule has 6 aliphatic heterocycles. The second-order valence-electron chi connectivity index (χ2n) is 26.7. The van der Waals surface area contributed by atoms with Crippen LogP contribution in [0.5, 0.6) is 0 Å². The summed E-state index contributed by atoms with van der Waals surface area (Å²) in [7, 11) is 1.72. The highest BCUT2D eigenvalue weighted by atomic mass is 19.1. The average Bonchev–Trinajstić information content (AvgIpc) is 4.63. The summed E-state index contributed by atoms with van der Waals surface area (Å²) in [5, 5.41) is 9.27. The predicted molar refractivity (Wildman–Crippen MR) is 309 cm³/mol. The minimum absolute atomic E-state index is 0.0373. The molecule has 9 aliphatic rings. The number of nitrogens with one attached hydrogen (secondary N) is 3. The van der Waals surface area contributed by atoms with Crippen molar-refractivity contribution >= 4 is 40.3 Å². The topological polar surface area (TPSA) is 167 Å². The molecule has 13 rings (SSSR count). The van der Waals surface area contributed by atoms with E-state index < -0.39 is 35.3 Å². The van der Waals surface area contributed by atoms with Crippen LogP contribution in [-0.4, -0.2) is 162 Å². The van der Waals surface area contributed by atoms with Gasteiger partial charge in [0.1, 0.15) is 23.9 Å². The van der Waals surface area contributed by atoms with Gasteiger partial charge >= 0.3 is 5.97 Å². The largest absolute Gasteiger partial charge is 0.464 e. The van der Waals surface area contributed by atoms with Gasteiger partial charge in [-0.05, 0) is 155 Å². The van der Waals surface area contributed by atoms with Gasteiger partial charge in [-0.15, -0.1) is 0 Å². The maximum absolute atomic E-state index is 16.5. The fraction of sp³-hybridized carbons (Fsp3) is 0.641. The lowest BCUT2D eigenvalue weighted by Gasteiger charge is -2.37. The number of ether oxygens (including phenoxy) is 2. The van der Waals surface area contributed by atoms with E-state index in [1.807, 2.05) is 19.2 Å². The Bertz CT molecular complexity index is 3070. The second-order valence-corrected chi connectivity index (χ2v) is 26.7. The number of aromatic nitrogens is 2. The zero-order valence-electron chi connectivity index (χ0n) is 48.5. The van der Waals surface area contributed by atoms with Crippen molar-refractivity contribution in [2.75, 3.05) is 77.5 Å². The SMILES string of the molecule is CCn1c(-c2cc(N3CCN(C4CC4)CC3)cnc2[C@H](C)OC)c2c3cc(ccc31)-c1cc(F)cc(c1)C[C@H](NC(=O)C(C1CCCC1)N1CC[C@]3(CCN(C(=O)[C@@H]4NC4C4CC4)C3)C1)C(=O)N1CCC[C@H](N1)C(=O)OCC(C)(C)C2. The van der Waals surface area contributed by atoms with Crippen molar-refractivity contribution in [3.63, 3.8) is 0 Å². The number of methoxy groups -OCH3 is 1. The van der Waals surface area contributed by atoms with Crippen LogP contribution in [0.3, 0.4) is 0 Å². The lowest BCUT2D eigenvalue weighted by Crippen LogP contribution is -2.62. The summed E-state index contributed by atoms with van der Waals surface area (Å²) in [5.41, 5.74) is 10.8. The minimum Gasteiger partial charge on any atom is -0.464 e. The number of esters is 1. The van der Waals surface area contributed by atoms with E-state index in [0.29, 0.717) is 62.0 Å². The first-order valence-electron chi connectivity index (χ1n) is 31.0. The molecular formula is C64H85FN10O6. The number of pyridine rings is 1. The molecule has 3 saturated carbocycles. The number of nitrogens with zero attached hydrogens (tertiary/aromatic N) is 7. The molecule has 2 aromatic carbocycles. The Labute approximate surface area is 477 Å². The molecule has 1 spiro atoms. The molecule has 7 atom stereocenters. The molecule has 4 aromatic rings. The van der Waals surface area contributed by atoms with Crippen molar-refractivity contribution in [1.29, 1.82) is 0 Å². The third-order valence-electron chi connectivity index (χ3n) is 20.2. The van der Waals surface area contributed by atoms with Crippen LogP contribution in [0.2, 0.25) is 0 Å². The molecule has 434 valence electrons. The average molecular weight is 1110 g/mol. The number of fused-ring (bicyclic) bond motifs is 6. The van der Waals surface area contributed by atoms with E-state index in [9.17, 15) is 9.59 Å². The summed E-state index contributed by atoms with van der Waals surface area (Å²) in [4.78, 5) is 73.2. The Kier molecular flexibility index (Phi) is 14.8. The number of likely N-dealkylation sites (tertiary alicyclic amines) is 2. The summed E-state index contributed by atoms with van der Waals surface area (Å²) in [5.74, 6) is -0.445. The fourth-order valence-electron chi connectivity index (χ4n) is 15.3. The van der Waals surface area contributed by atoms with Crippen molar-refractivity contribution in [3.8, 4) is 22.4 Å². The number of aryl methyl sites for hydroxylation is 1. The van der Waals surface area contributed by atoms with Crippen molar-refractivity contribution in [3.05, 3.63) is 71.3 Å². The Balaban J connectivity index is 0.844. The minimum atomic E-state index is -1.07. The Morgan fingerprint density at radius 1 is 0.901 bits per heavy atom. The van der Waals surface area contributed by atoms with E-state index >= 15 is 14.0 Å². The number of rotatable bonds is 12. The summed E-state index contributed by atoms with van der Waals surface area (Å²) >= 11 is 0. The van der Waals surface area contributed by atoms with E-state index in [2.05, 4.69) is 85.3 Å². The van der Waals surface area contributed by atoms with Crippen molar-refractivity contribution in [1.82, 2.24) is 45.3 Å². The van der Waals surface area contributed by atoms with E-state index in [-0.39, 0.29) is 54.2 Å². The van der Waals surface area contributed by atoms with Crippen molar-refractivity contribution < 1.29 is 33.0 Å². The Morgan fingerprint density at radius 3 is 2.44 bits per heavy atom. The van der Waals surface area contributed by atoms with Gasteiger partial charge in [-0.1, -0.05) is 38.8 Å². The third kappa shape index (κ3) is 11.0. The Morgan fingerprint density at radius 2 is 1.69 bits per heavy atom. The quantitative estimate of drug-likeness (QED) is 0.0952. The van der Waals surface area contributed by atoms with Gasteiger partial charge in [0.05, 0.1) is 42.0 Å². The molecule has 3 aliphatic carbocycles. The molecule has 5 saturated heterocycles. The molecule has 2 aromatic heterocycles. The predicted octanol–water partition coefficient (Wildman–Crippen LogP) is 7.40. The number of hydrazine groups is 1. The number of hydrogen-bond donors (Lipinski definition) is 3. The molecule has 8 heterocycles. The number of piperazine rings is 1. The number of carbonyl (C=O) groups is 4. The van der Waals surface area contributed by atoms with E-state index in [1.54, 1.807) is 13.2 Å². The molecule has 3 amide bonds. The maximum atomic E-state index is 16.5. The zero-order valence-corrected chi connectivity index (χ0v) is 48.5. The summed E-state index contributed by atoms with van der Waals surface area (Å²) < 4.78 is 31.2. The molecule has 8 fully saturated rings. The van der Waals surface area contributed by atoms with E-state index in [4.69, 9.17) is 14.5 Å². The molecule has 2 unspecified atom stereocenters. The van der Waals surface area contributed by atoms with Crippen LogP contribution >= 0.6 is 0 Å². The van der Waals surface area contributed by atoms with Gasteiger partial charge in [-0.25, -0.2) is 9.82 Å². The number of halogens is 1.